The summed E-state index contributed by atoms with van der Waals surface area (Å²) in [4.78, 5) is 34.2. The van der Waals surface area contributed by atoms with Crippen molar-refractivity contribution in [2.45, 2.75) is 13.3 Å². The van der Waals surface area contributed by atoms with Crippen molar-refractivity contribution in [3.05, 3.63) is 38.3 Å². The van der Waals surface area contributed by atoms with E-state index in [1.54, 1.807) is 6.92 Å². The van der Waals surface area contributed by atoms with E-state index in [9.17, 15) is 19.7 Å². The van der Waals surface area contributed by atoms with E-state index < -0.39 is 16.5 Å². The summed E-state index contributed by atoms with van der Waals surface area (Å²) in [5.41, 5.74) is -0.834. The maximum atomic E-state index is 11.1. The molecule has 7 nitrogen and oxygen atoms in total. The van der Waals surface area contributed by atoms with E-state index in [-0.39, 0.29) is 24.3 Å². The topological polar surface area (TPSA) is 102 Å². The molecule has 0 atom stereocenters. The number of rotatable bonds is 4. The Balaban J connectivity index is 2.99. The van der Waals surface area contributed by atoms with Gasteiger partial charge in [0.05, 0.1) is 29.6 Å². The lowest BCUT2D eigenvalue weighted by atomic mass is 10.2. The summed E-state index contributed by atoms with van der Waals surface area (Å²) >= 11 is 0. The predicted molar refractivity (Wildman–Crippen MR) is 54.1 cm³/mol. The van der Waals surface area contributed by atoms with Crippen LogP contribution in [0.1, 0.15) is 12.5 Å². The number of aromatic amines is 1. The Bertz CT molecular complexity index is 465. The quantitative estimate of drug-likeness (QED) is 0.454. The summed E-state index contributed by atoms with van der Waals surface area (Å²) in [7, 11) is 0. The molecule has 0 fully saturated rings. The second-order valence-corrected chi connectivity index (χ2v) is 2.95. The van der Waals surface area contributed by atoms with Gasteiger partial charge in [-0.05, 0) is 6.92 Å². The van der Waals surface area contributed by atoms with Gasteiger partial charge in [-0.25, -0.2) is 0 Å². The highest BCUT2D eigenvalue weighted by molar-refractivity contribution is 5.73. The molecule has 1 heterocycles. The van der Waals surface area contributed by atoms with Crippen LogP contribution < -0.4 is 5.56 Å². The summed E-state index contributed by atoms with van der Waals surface area (Å²) in [6.07, 6.45) is 0.915. The van der Waals surface area contributed by atoms with Gasteiger partial charge >= 0.3 is 5.97 Å². The number of pyridine rings is 1. The summed E-state index contributed by atoms with van der Waals surface area (Å²) in [6, 6.07) is 0.842. The first-order valence-electron chi connectivity index (χ1n) is 4.56. The van der Waals surface area contributed by atoms with E-state index in [1.165, 1.54) is 0 Å². The van der Waals surface area contributed by atoms with Crippen molar-refractivity contribution < 1.29 is 14.5 Å². The third kappa shape index (κ3) is 2.91. The lowest BCUT2D eigenvalue weighted by Crippen LogP contribution is -2.13. The van der Waals surface area contributed by atoms with Crippen LogP contribution in [0, 0.1) is 10.1 Å². The highest BCUT2D eigenvalue weighted by Crippen LogP contribution is 2.15. The third-order valence-electron chi connectivity index (χ3n) is 1.82. The highest BCUT2D eigenvalue weighted by Gasteiger charge is 2.17. The fourth-order valence-electron chi connectivity index (χ4n) is 1.17. The summed E-state index contributed by atoms with van der Waals surface area (Å²) in [5.74, 6) is -0.572. The normalized spacial score (nSPS) is 9.81. The molecular formula is C9H10N2O5. The van der Waals surface area contributed by atoms with Gasteiger partial charge in [0, 0.05) is 6.20 Å². The number of esters is 1. The Morgan fingerprint density at radius 2 is 2.31 bits per heavy atom. The smallest absolute Gasteiger partial charge is 0.310 e. The van der Waals surface area contributed by atoms with Gasteiger partial charge in [-0.1, -0.05) is 0 Å². The Morgan fingerprint density at radius 1 is 1.62 bits per heavy atom. The van der Waals surface area contributed by atoms with E-state index in [1.807, 2.05) is 0 Å². The minimum atomic E-state index is -0.705. The zero-order valence-electron chi connectivity index (χ0n) is 8.56. The summed E-state index contributed by atoms with van der Waals surface area (Å²) in [5, 5.41) is 10.6. The van der Waals surface area contributed by atoms with E-state index in [2.05, 4.69) is 9.72 Å². The van der Waals surface area contributed by atoms with Gasteiger partial charge < -0.3 is 9.72 Å². The lowest BCUT2D eigenvalue weighted by Gasteiger charge is -2.02. The van der Waals surface area contributed by atoms with Crippen LogP contribution in [0.2, 0.25) is 0 Å². The summed E-state index contributed by atoms with van der Waals surface area (Å²) < 4.78 is 4.66. The van der Waals surface area contributed by atoms with Gasteiger partial charge in [-0.2, -0.15) is 0 Å². The number of carbonyl (C=O) groups excluding carboxylic acids is 1. The molecule has 0 aliphatic heterocycles. The van der Waals surface area contributed by atoms with Crippen molar-refractivity contribution in [3.63, 3.8) is 0 Å². The largest absolute Gasteiger partial charge is 0.466 e. The molecule has 0 aliphatic carbocycles. The molecule has 0 unspecified atom stereocenters. The van der Waals surface area contributed by atoms with Gasteiger partial charge in [-0.15, -0.1) is 0 Å². The molecule has 0 saturated heterocycles. The van der Waals surface area contributed by atoms with E-state index in [0.717, 1.165) is 12.3 Å². The predicted octanol–water partition coefficient (Wildman–Crippen LogP) is 0.389. The number of nitrogens with zero attached hydrogens (tertiary/aromatic N) is 1. The van der Waals surface area contributed by atoms with E-state index in [4.69, 9.17) is 0 Å². The number of hydrogen-bond donors (Lipinski definition) is 1. The van der Waals surface area contributed by atoms with Crippen LogP contribution in [-0.2, 0) is 16.0 Å². The number of H-pyrrole nitrogens is 1. The van der Waals surface area contributed by atoms with Crippen LogP contribution in [0.5, 0.6) is 0 Å². The highest BCUT2D eigenvalue weighted by atomic mass is 16.6. The van der Waals surface area contributed by atoms with Gasteiger partial charge in [0.2, 0.25) is 0 Å². The minimum absolute atomic E-state index is 0.128. The maximum absolute atomic E-state index is 11.1. The molecule has 0 saturated carbocycles. The number of hydrogen-bond acceptors (Lipinski definition) is 5. The summed E-state index contributed by atoms with van der Waals surface area (Å²) in [6.45, 7) is 1.84. The van der Waals surface area contributed by atoms with Crippen LogP contribution in [0.25, 0.3) is 0 Å². The average Bonchev–Trinajstić information content (AvgIpc) is 2.20. The molecular weight excluding hydrogens is 216 g/mol. The zero-order chi connectivity index (χ0) is 12.1. The fourth-order valence-corrected chi connectivity index (χ4v) is 1.17. The molecule has 1 rings (SSSR count). The van der Waals surface area contributed by atoms with Crippen molar-refractivity contribution in [3.8, 4) is 0 Å². The lowest BCUT2D eigenvalue weighted by molar-refractivity contribution is -0.385. The molecule has 7 heteroatoms. The van der Waals surface area contributed by atoms with E-state index in [0.29, 0.717) is 0 Å². The van der Waals surface area contributed by atoms with Crippen molar-refractivity contribution in [1.82, 2.24) is 4.98 Å². The number of nitro groups is 1. The molecule has 0 amide bonds. The fraction of sp³-hybridized carbons (Fsp3) is 0.333. The van der Waals surface area contributed by atoms with Crippen molar-refractivity contribution in [2.75, 3.05) is 6.61 Å². The molecule has 1 aromatic rings. The third-order valence-corrected chi connectivity index (χ3v) is 1.82. The van der Waals surface area contributed by atoms with Crippen molar-refractivity contribution in [2.24, 2.45) is 0 Å². The Hall–Kier alpha value is -2.18. The van der Waals surface area contributed by atoms with Crippen LogP contribution in [0.3, 0.4) is 0 Å². The van der Waals surface area contributed by atoms with Gasteiger partial charge in [0.15, 0.2) is 0 Å². The van der Waals surface area contributed by atoms with Crippen LogP contribution >= 0.6 is 0 Å². The van der Waals surface area contributed by atoms with Crippen LogP contribution in [0.15, 0.2) is 17.1 Å². The first kappa shape index (κ1) is 11.9. The van der Waals surface area contributed by atoms with Gasteiger partial charge in [0.25, 0.3) is 11.2 Å². The second-order valence-electron chi connectivity index (χ2n) is 2.95. The molecule has 16 heavy (non-hydrogen) atoms. The van der Waals surface area contributed by atoms with Crippen LogP contribution in [0.4, 0.5) is 5.69 Å². The van der Waals surface area contributed by atoms with Gasteiger partial charge in [0.1, 0.15) is 0 Å². The molecule has 1 N–H and O–H groups in total. The molecule has 0 spiro atoms. The number of aromatic nitrogens is 1. The zero-order valence-corrected chi connectivity index (χ0v) is 8.56. The molecule has 0 aromatic carbocycles. The number of nitrogens with one attached hydrogen (secondary N) is 1. The molecule has 1 aromatic heterocycles. The molecule has 0 radical (unpaired) electrons. The molecule has 0 bridgehead atoms. The Labute approximate surface area is 90.2 Å². The molecule has 86 valence electrons. The maximum Gasteiger partial charge on any atom is 0.310 e. The monoisotopic (exact) mass is 226 g/mol. The average molecular weight is 226 g/mol. The number of ether oxygens (including phenoxy) is 1. The first-order valence-corrected chi connectivity index (χ1v) is 4.56. The minimum Gasteiger partial charge on any atom is -0.466 e. The standard InChI is InChI=1S/C9H10N2O5/c1-2-16-9(13)3-6-5-10-8(12)4-7(6)11(14)15/h4-5H,2-3H2,1H3,(H,10,12). The second kappa shape index (κ2) is 5.06. The van der Waals surface area contributed by atoms with E-state index >= 15 is 0 Å². The number of carbonyl (C=O) groups is 1. The van der Waals surface area contributed by atoms with Gasteiger partial charge in [-0.3, -0.25) is 19.7 Å². The Morgan fingerprint density at radius 3 is 2.88 bits per heavy atom. The van der Waals surface area contributed by atoms with Crippen molar-refractivity contribution in [1.29, 1.82) is 0 Å². The molecule has 0 aliphatic rings. The first-order chi connectivity index (χ1) is 7.54. The van der Waals surface area contributed by atoms with Crippen molar-refractivity contribution >= 4 is 11.7 Å². The Kier molecular flexibility index (Phi) is 3.76. The SMILES string of the molecule is CCOC(=O)Cc1c[nH]c(=O)cc1[N+](=O)[O-]. The van der Waals surface area contributed by atoms with Crippen LogP contribution in [-0.4, -0.2) is 22.5 Å².